The number of pyridine rings is 2. The van der Waals surface area contributed by atoms with Crippen LogP contribution in [0.2, 0.25) is 0 Å². The maximum absolute atomic E-state index is 14.9. The van der Waals surface area contributed by atoms with Gasteiger partial charge in [0.1, 0.15) is 18.2 Å². The van der Waals surface area contributed by atoms with Crippen LogP contribution in [0.1, 0.15) is 5.56 Å². The highest BCUT2D eigenvalue weighted by Gasteiger charge is 2.31. The van der Waals surface area contributed by atoms with Gasteiger partial charge in [-0.15, -0.1) is 0 Å². The number of benzene rings is 1. The number of aromatic nitrogens is 4. The van der Waals surface area contributed by atoms with Crippen molar-refractivity contribution >= 4 is 11.0 Å². The molecule has 6 heteroatoms. The van der Waals surface area contributed by atoms with Crippen molar-refractivity contribution in [2.75, 3.05) is 0 Å². The van der Waals surface area contributed by atoms with Gasteiger partial charge >= 0.3 is 0 Å². The third kappa shape index (κ3) is 2.51. The number of halogens is 2. The van der Waals surface area contributed by atoms with E-state index in [1.807, 2.05) is 72.9 Å². The molecule has 0 amide bonds. The quantitative estimate of drug-likeness (QED) is 0.395. The maximum atomic E-state index is 14.9. The Kier molecular flexibility index (Phi) is 3.98. The summed E-state index contributed by atoms with van der Waals surface area (Å²) in [6.07, 6.45) is 1.83. The number of imidazole rings is 1. The van der Waals surface area contributed by atoms with E-state index in [9.17, 15) is 8.78 Å². The molecule has 0 radical (unpaired) electrons. The van der Waals surface area contributed by atoms with E-state index in [0.29, 0.717) is 28.2 Å². The van der Waals surface area contributed by atoms with Gasteiger partial charge in [-0.3, -0.25) is 0 Å². The van der Waals surface area contributed by atoms with Crippen molar-refractivity contribution < 1.29 is 17.9 Å². The molecular weight excluding hydrogens is 346 g/mol. The summed E-state index contributed by atoms with van der Waals surface area (Å²) in [7, 11) is 5.58. The molecule has 4 nitrogen and oxygen atoms in total. The van der Waals surface area contributed by atoms with Gasteiger partial charge in [-0.2, -0.15) is 13.8 Å². The molecule has 0 saturated carbocycles. The van der Waals surface area contributed by atoms with E-state index in [0.717, 1.165) is 11.0 Å². The first-order valence-electron chi connectivity index (χ1n) is 8.66. The van der Waals surface area contributed by atoms with Gasteiger partial charge in [0.2, 0.25) is 17.6 Å². The molecule has 0 atom stereocenters. The van der Waals surface area contributed by atoms with Crippen LogP contribution in [-0.2, 0) is 21.1 Å². The molecule has 0 aliphatic heterocycles. The van der Waals surface area contributed by atoms with E-state index in [1.54, 1.807) is 17.6 Å². The molecule has 0 saturated heterocycles. The molecule has 0 unspecified atom stereocenters. The number of hydrogen-bond donors (Lipinski definition) is 0. The van der Waals surface area contributed by atoms with Gasteiger partial charge in [-0.25, -0.2) is 13.7 Å². The SMILES string of the molecule is Cc1c(-c2cccc[n+]2C)c(F)nc(F)c1-c1n(C)c2ccccc2[n+]1C. The zero-order valence-electron chi connectivity index (χ0n) is 15.7. The second kappa shape index (κ2) is 6.23. The Labute approximate surface area is 156 Å². The summed E-state index contributed by atoms with van der Waals surface area (Å²) < 4.78 is 35.2. The molecule has 27 heavy (non-hydrogen) atoms. The van der Waals surface area contributed by atoms with Gasteiger partial charge in [0.15, 0.2) is 17.2 Å². The first kappa shape index (κ1) is 17.3. The maximum Gasteiger partial charge on any atom is 0.294 e. The fourth-order valence-corrected chi connectivity index (χ4v) is 3.79. The predicted molar refractivity (Wildman–Crippen MR) is 98.6 cm³/mol. The van der Waals surface area contributed by atoms with Gasteiger partial charge in [0, 0.05) is 12.1 Å². The van der Waals surface area contributed by atoms with Crippen molar-refractivity contribution in [1.82, 2.24) is 9.55 Å². The second-order valence-corrected chi connectivity index (χ2v) is 6.70. The van der Waals surface area contributed by atoms with Gasteiger partial charge in [0.25, 0.3) is 5.82 Å². The number of nitrogens with zero attached hydrogens (tertiary/aromatic N) is 4. The minimum atomic E-state index is -0.811. The number of fused-ring (bicyclic) bond motifs is 1. The topological polar surface area (TPSA) is 25.6 Å². The Balaban J connectivity index is 2.10. The lowest BCUT2D eigenvalue weighted by Crippen LogP contribution is -2.32. The smallest absolute Gasteiger partial charge is 0.225 e. The highest BCUT2D eigenvalue weighted by Crippen LogP contribution is 2.33. The van der Waals surface area contributed by atoms with Crippen molar-refractivity contribution in [3.8, 4) is 22.6 Å². The van der Waals surface area contributed by atoms with Gasteiger partial charge in [0.05, 0.1) is 14.1 Å². The summed E-state index contributed by atoms with van der Waals surface area (Å²) >= 11 is 0. The van der Waals surface area contributed by atoms with Crippen molar-refractivity contribution in [3.05, 3.63) is 66.1 Å². The summed E-state index contributed by atoms with van der Waals surface area (Å²) in [4.78, 5) is 3.61. The number of para-hydroxylation sites is 2. The van der Waals surface area contributed by atoms with E-state index in [1.165, 1.54) is 0 Å². The second-order valence-electron chi connectivity index (χ2n) is 6.70. The Hall–Kier alpha value is -3.15. The normalized spacial score (nSPS) is 11.3. The molecule has 0 bridgehead atoms. The molecule has 0 N–H and O–H groups in total. The van der Waals surface area contributed by atoms with Crippen LogP contribution in [0.15, 0.2) is 48.7 Å². The Morgan fingerprint density at radius 3 is 2.30 bits per heavy atom. The van der Waals surface area contributed by atoms with E-state index in [4.69, 9.17) is 0 Å². The van der Waals surface area contributed by atoms with Crippen LogP contribution in [0.4, 0.5) is 8.78 Å². The fourth-order valence-electron chi connectivity index (χ4n) is 3.79. The molecule has 0 fully saturated rings. The van der Waals surface area contributed by atoms with Crippen molar-refractivity contribution in [3.63, 3.8) is 0 Å². The summed E-state index contributed by atoms with van der Waals surface area (Å²) in [5, 5.41) is 0. The minimum absolute atomic E-state index is 0.302. The summed E-state index contributed by atoms with van der Waals surface area (Å²) in [5.74, 6) is -0.982. The average Bonchev–Trinajstić information content (AvgIpc) is 2.89. The van der Waals surface area contributed by atoms with Gasteiger partial charge in [-0.1, -0.05) is 12.1 Å². The van der Waals surface area contributed by atoms with Crippen LogP contribution in [0.25, 0.3) is 33.7 Å². The Morgan fingerprint density at radius 1 is 0.926 bits per heavy atom. The molecule has 3 heterocycles. The lowest BCUT2D eigenvalue weighted by Gasteiger charge is -2.10. The molecule has 4 rings (SSSR count). The number of aryl methyl sites for hydroxylation is 3. The molecule has 0 aliphatic rings. The predicted octanol–water partition coefficient (Wildman–Crippen LogP) is 3.14. The first-order valence-corrected chi connectivity index (χ1v) is 8.66. The highest BCUT2D eigenvalue weighted by molar-refractivity contribution is 5.78. The standard InChI is InChI=1S/C21H20F2N4/c1-13-17(16-11-7-8-12-25(16)2)19(22)24-20(23)18(13)21-26(3)14-9-5-6-10-15(14)27(21)4/h5-12H,1-4H3/q+2. The molecule has 0 spiro atoms. The van der Waals surface area contributed by atoms with Crippen LogP contribution in [0, 0.1) is 18.8 Å². The van der Waals surface area contributed by atoms with Gasteiger partial charge < -0.3 is 0 Å². The third-order valence-electron chi connectivity index (χ3n) is 5.13. The summed E-state index contributed by atoms with van der Waals surface area (Å²) in [6.45, 7) is 1.74. The van der Waals surface area contributed by atoms with E-state index < -0.39 is 11.9 Å². The number of hydrogen-bond acceptors (Lipinski definition) is 1. The largest absolute Gasteiger partial charge is 0.294 e. The Morgan fingerprint density at radius 2 is 1.59 bits per heavy atom. The van der Waals surface area contributed by atoms with Crippen molar-refractivity contribution in [2.45, 2.75) is 6.92 Å². The van der Waals surface area contributed by atoms with Crippen molar-refractivity contribution in [2.24, 2.45) is 21.1 Å². The molecular formula is C21H20F2N4+2. The molecule has 0 aliphatic carbocycles. The highest BCUT2D eigenvalue weighted by atomic mass is 19.1. The van der Waals surface area contributed by atoms with Crippen molar-refractivity contribution in [1.29, 1.82) is 0 Å². The van der Waals surface area contributed by atoms with Crippen LogP contribution in [0.3, 0.4) is 0 Å². The molecule has 4 aromatic rings. The Bertz CT molecular complexity index is 1160. The zero-order valence-corrected chi connectivity index (χ0v) is 15.7. The summed E-state index contributed by atoms with van der Waals surface area (Å²) in [5.41, 5.74) is 3.69. The zero-order chi connectivity index (χ0) is 19.3. The average molecular weight is 366 g/mol. The lowest BCUT2D eigenvalue weighted by molar-refractivity contribution is -0.660. The minimum Gasteiger partial charge on any atom is -0.225 e. The van der Waals surface area contributed by atoms with Crippen LogP contribution < -0.4 is 9.13 Å². The van der Waals surface area contributed by atoms with E-state index in [-0.39, 0.29) is 0 Å². The van der Waals surface area contributed by atoms with Crippen LogP contribution in [0.5, 0.6) is 0 Å². The number of rotatable bonds is 2. The van der Waals surface area contributed by atoms with Crippen LogP contribution in [-0.4, -0.2) is 9.55 Å². The molecule has 136 valence electrons. The van der Waals surface area contributed by atoms with Gasteiger partial charge in [-0.05, 0) is 30.7 Å². The molecule has 1 aromatic carbocycles. The molecule has 3 aromatic heterocycles. The third-order valence-corrected chi connectivity index (χ3v) is 5.13. The monoisotopic (exact) mass is 366 g/mol. The van der Waals surface area contributed by atoms with Crippen LogP contribution >= 0.6 is 0 Å². The summed E-state index contributed by atoms with van der Waals surface area (Å²) in [6, 6.07) is 13.3. The van der Waals surface area contributed by atoms with E-state index >= 15 is 0 Å². The lowest BCUT2D eigenvalue weighted by atomic mass is 10.0. The van der Waals surface area contributed by atoms with E-state index in [2.05, 4.69) is 4.98 Å². The first-order chi connectivity index (χ1) is 12.9. The fraction of sp³-hybridized carbons (Fsp3) is 0.190.